The number of nitrogens with zero attached hydrogens (tertiary/aromatic N) is 2. The maximum Gasteiger partial charge on any atom is 0.339 e. The molecule has 0 heterocycles. The summed E-state index contributed by atoms with van der Waals surface area (Å²) in [4.78, 5) is 21.9. The van der Waals surface area contributed by atoms with Gasteiger partial charge in [-0.1, -0.05) is 29.3 Å². The highest BCUT2D eigenvalue weighted by atomic mass is 35.5. The monoisotopic (exact) mass is 493 g/mol. The van der Waals surface area contributed by atoms with Gasteiger partial charge in [-0.15, -0.1) is 0 Å². The van der Waals surface area contributed by atoms with Crippen LogP contribution >= 0.6 is 23.2 Å². The second-order valence-electron chi connectivity index (χ2n) is 6.18. The highest BCUT2D eigenvalue weighted by Gasteiger charge is 2.19. The van der Waals surface area contributed by atoms with E-state index in [0.29, 0.717) is 10.6 Å². The number of benzene rings is 3. The van der Waals surface area contributed by atoms with Crippen LogP contribution in [0.5, 0.6) is 5.75 Å². The van der Waals surface area contributed by atoms with Crippen LogP contribution in [0.3, 0.4) is 0 Å². The molecule has 0 unspecified atom stereocenters. The minimum atomic E-state index is -4.27. The molecule has 0 atom stereocenters. The molecule has 0 fully saturated rings. The molecule has 0 aromatic heterocycles. The molecule has 3 rings (SSSR count). The maximum absolute atomic E-state index is 12.4. The lowest BCUT2D eigenvalue weighted by molar-refractivity contribution is -0.385. The van der Waals surface area contributed by atoms with Crippen LogP contribution in [-0.4, -0.2) is 25.5 Å². The molecule has 0 aliphatic carbocycles. The predicted molar refractivity (Wildman–Crippen MR) is 119 cm³/mol. The van der Waals surface area contributed by atoms with Crippen LogP contribution in [0.25, 0.3) is 0 Å². The number of halogens is 2. The summed E-state index contributed by atoms with van der Waals surface area (Å²) in [6, 6.07) is 14.7. The molecule has 0 radical (unpaired) electrons. The Balaban J connectivity index is 1.65. The van der Waals surface area contributed by atoms with Crippen molar-refractivity contribution < 1.29 is 22.3 Å². The quantitative estimate of drug-likeness (QED) is 0.224. The van der Waals surface area contributed by atoms with Gasteiger partial charge in [-0.2, -0.15) is 13.5 Å². The first-order valence-corrected chi connectivity index (χ1v) is 10.9. The van der Waals surface area contributed by atoms with Gasteiger partial charge >= 0.3 is 10.1 Å². The number of non-ortho nitro benzene ring substituents is 1. The van der Waals surface area contributed by atoms with Crippen molar-refractivity contribution in [3.05, 3.63) is 98.0 Å². The van der Waals surface area contributed by atoms with E-state index in [9.17, 15) is 23.3 Å². The van der Waals surface area contributed by atoms with Crippen LogP contribution in [0, 0.1) is 10.1 Å². The van der Waals surface area contributed by atoms with Crippen molar-refractivity contribution in [1.29, 1.82) is 0 Å². The highest BCUT2D eigenvalue weighted by molar-refractivity contribution is 7.87. The van der Waals surface area contributed by atoms with Crippen LogP contribution in [0.1, 0.15) is 15.9 Å². The fourth-order valence-corrected chi connectivity index (χ4v) is 3.90. The molecule has 32 heavy (non-hydrogen) atoms. The first-order valence-electron chi connectivity index (χ1n) is 8.73. The van der Waals surface area contributed by atoms with Gasteiger partial charge in [0.15, 0.2) is 0 Å². The van der Waals surface area contributed by atoms with Crippen LogP contribution in [0.15, 0.2) is 76.7 Å². The molecule has 0 aliphatic rings. The molecule has 3 aromatic carbocycles. The predicted octanol–water partition coefficient (Wildman–Crippen LogP) is 4.43. The van der Waals surface area contributed by atoms with Crippen molar-refractivity contribution in [2.75, 3.05) is 0 Å². The summed E-state index contributed by atoms with van der Waals surface area (Å²) in [5.41, 5.74) is 2.68. The van der Waals surface area contributed by atoms with Gasteiger partial charge in [0, 0.05) is 17.2 Å². The van der Waals surface area contributed by atoms with Gasteiger partial charge in [0.25, 0.3) is 11.6 Å². The zero-order valence-electron chi connectivity index (χ0n) is 15.9. The Morgan fingerprint density at radius 3 is 2.44 bits per heavy atom. The summed E-state index contributed by atoms with van der Waals surface area (Å²) in [6.07, 6.45) is 1.33. The Hall–Kier alpha value is -3.47. The number of carbonyl (C=O) groups excluding carboxylic acids is 1. The van der Waals surface area contributed by atoms with E-state index in [4.69, 9.17) is 27.4 Å². The van der Waals surface area contributed by atoms with Gasteiger partial charge in [0.2, 0.25) is 0 Å². The first kappa shape index (κ1) is 23.2. The molecule has 1 amide bonds. The van der Waals surface area contributed by atoms with Crippen LogP contribution in [0.4, 0.5) is 5.69 Å². The van der Waals surface area contributed by atoms with Crippen LogP contribution < -0.4 is 9.61 Å². The number of carbonyl (C=O) groups is 1. The number of hydrogen-bond acceptors (Lipinski definition) is 7. The van der Waals surface area contributed by atoms with E-state index >= 15 is 0 Å². The molecule has 3 aromatic rings. The fourth-order valence-electron chi connectivity index (χ4n) is 2.44. The summed E-state index contributed by atoms with van der Waals surface area (Å²) in [5.74, 6) is -0.545. The maximum atomic E-state index is 12.4. The average molecular weight is 494 g/mol. The van der Waals surface area contributed by atoms with Crippen molar-refractivity contribution in [2.24, 2.45) is 5.10 Å². The Kier molecular flexibility index (Phi) is 7.08. The molecule has 9 nitrogen and oxygen atoms in total. The summed E-state index contributed by atoms with van der Waals surface area (Å²) in [5, 5.41) is 15.2. The van der Waals surface area contributed by atoms with E-state index in [1.165, 1.54) is 66.9 Å². The molecule has 0 aliphatic heterocycles. The molecule has 1 N–H and O–H groups in total. The normalized spacial score (nSPS) is 11.3. The van der Waals surface area contributed by atoms with Crippen molar-refractivity contribution >= 4 is 51.1 Å². The number of hydrazone groups is 1. The third-order valence-electron chi connectivity index (χ3n) is 3.96. The van der Waals surface area contributed by atoms with Crippen LogP contribution in [-0.2, 0) is 10.1 Å². The Labute approximate surface area is 192 Å². The second-order valence-corrected chi connectivity index (χ2v) is 8.57. The smallest absolute Gasteiger partial charge is 0.339 e. The minimum Gasteiger partial charge on any atom is -0.379 e. The second kappa shape index (κ2) is 9.77. The Morgan fingerprint density at radius 1 is 1.06 bits per heavy atom. The van der Waals surface area contributed by atoms with Gasteiger partial charge in [0.05, 0.1) is 21.7 Å². The van der Waals surface area contributed by atoms with Gasteiger partial charge in [-0.25, -0.2) is 5.43 Å². The van der Waals surface area contributed by atoms with E-state index in [2.05, 4.69) is 10.5 Å². The standard InChI is InChI=1S/C20H13Cl2N3O6S/c21-14-6-9-18(19(22)10-14)20(26)24-23-12-13-4-7-16(8-5-13)31-32(29,30)17-3-1-2-15(11-17)25(27)28/h1-12H,(H,24,26)/b23-12-. The Morgan fingerprint density at radius 2 is 1.78 bits per heavy atom. The topological polar surface area (TPSA) is 128 Å². The lowest BCUT2D eigenvalue weighted by Gasteiger charge is -2.07. The molecule has 0 spiro atoms. The van der Waals surface area contributed by atoms with E-state index in [1.807, 2.05) is 0 Å². The van der Waals surface area contributed by atoms with E-state index in [-0.39, 0.29) is 26.9 Å². The van der Waals surface area contributed by atoms with Crippen molar-refractivity contribution in [3.8, 4) is 5.75 Å². The van der Waals surface area contributed by atoms with Gasteiger partial charge in [0.1, 0.15) is 10.6 Å². The van der Waals surface area contributed by atoms with Gasteiger partial charge in [-0.05, 0) is 54.1 Å². The SMILES string of the molecule is O=C(N/N=C\c1ccc(OS(=O)(=O)c2cccc([N+](=O)[O-])c2)cc1)c1ccc(Cl)cc1Cl. The Bertz CT molecular complexity index is 1310. The van der Waals surface area contributed by atoms with Crippen molar-refractivity contribution in [1.82, 2.24) is 5.43 Å². The molecular weight excluding hydrogens is 481 g/mol. The number of amides is 1. The summed E-state index contributed by atoms with van der Waals surface area (Å²) < 4.78 is 29.7. The molecular formula is C20H13Cl2N3O6S. The minimum absolute atomic E-state index is 0.00867. The molecule has 0 saturated heterocycles. The lowest BCUT2D eigenvalue weighted by atomic mass is 10.2. The van der Waals surface area contributed by atoms with Crippen LogP contribution in [0.2, 0.25) is 10.0 Å². The number of hydrogen-bond donors (Lipinski definition) is 1. The third-order valence-corrected chi connectivity index (χ3v) is 5.75. The van der Waals surface area contributed by atoms with Crippen molar-refractivity contribution in [3.63, 3.8) is 0 Å². The number of nitro benzene ring substituents is 1. The van der Waals surface area contributed by atoms with Gasteiger partial charge in [-0.3, -0.25) is 14.9 Å². The summed E-state index contributed by atoms with van der Waals surface area (Å²) >= 11 is 11.8. The molecule has 0 bridgehead atoms. The third kappa shape index (κ3) is 5.82. The van der Waals surface area contributed by atoms with Gasteiger partial charge < -0.3 is 4.18 Å². The molecule has 12 heteroatoms. The number of nitro groups is 1. The van der Waals surface area contributed by atoms with E-state index in [0.717, 1.165) is 6.07 Å². The lowest BCUT2D eigenvalue weighted by Crippen LogP contribution is -2.18. The number of rotatable bonds is 7. The fraction of sp³-hybridized carbons (Fsp3) is 0. The van der Waals surface area contributed by atoms with E-state index in [1.54, 1.807) is 0 Å². The largest absolute Gasteiger partial charge is 0.379 e. The highest BCUT2D eigenvalue weighted by Crippen LogP contribution is 2.23. The first-order chi connectivity index (χ1) is 15.2. The average Bonchev–Trinajstić information content (AvgIpc) is 2.74. The summed E-state index contributed by atoms with van der Waals surface area (Å²) in [7, 11) is -4.27. The zero-order valence-corrected chi connectivity index (χ0v) is 18.3. The summed E-state index contributed by atoms with van der Waals surface area (Å²) in [6.45, 7) is 0. The number of nitrogens with one attached hydrogen (secondary N) is 1. The zero-order chi connectivity index (χ0) is 23.3. The molecule has 164 valence electrons. The van der Waals surface area contributed by atoms with E-state index < -0.39 is 20.9 Å². The molecule has 0 saturated carbocycles. The van der Waals surface area contributed by atoms with Crippen molar-refractivity contribution in [2.45, 2.75) is 4.90 Å².